The van der Waals surface area contributed by atoms with Crippen LogP contribution >= 0.6 is 11.3 Å². The van der Waals surface area contributed by atoms with Crippen LogP contribution < -0.4 is 5.32 Å². The first-order chi connectivity index (χ1) is 12.7. The van der Waals surface area contributed by atoms with Crippen molar-refractivity contribution in [2.45, 2.75) is 13.3 Å². The third-order valence-corrected chi connectivity index (χ3v) is 4.82. The number of nitrogens with one attached hydrogen (secondary N) is 1. The Bertz CT molecular complexity index is 1060. The number of hydrogen-bond donors (Lipinski definition) is 1. The molecule has 7 heteroatoms. The zero-order valence-electron chi connectivity index (χ0n) is 14.1. The van der Waals surface area contributed by atoms with Crippen LogP contribution in [0.5, 0.6) is 0 Å². The Morgan fingerprint density at radius 1 is 1.27 bits per heavy atom. The molecular formula is C19H16N4O2S. The Labute approximate surface area is 153 Å². The molecule has 130 valence electrons. The van der Waals surface area contributed by atoms with Gasteiger partial charge < -0.3 is 9.73 Å². The Balaban J connectivity index is 1.36. The quantitative estimate of drug-likeness (QED) is 0.585. The van der Waals surface area contributed by atoms with Gasteiger partial charge in [0, 0.05) is 41.7 Å². The summed E-state index contributed by atoms with van der Waals surface area (Å²) in [7, 11) is 0. The van der Waals surface area contributed by atoms with E-state index in [2.05, 4.69) is 20.3 Å². The molecular weight excluding hydrogens is 348 g/mol. The van der Waals surface area contributed by atoms with Gasteiger partial charge in [-0.1, -0.05) is 0 Å². The van der Waals surface area contributed by atoms with Crippen molar-refractivity contribution in [1.29, 1.82) is 0 Å². The van der Waals surface area contributed by atoms with Gasteiger partial charge >= 0.3 is 0 Å². The van der Waals surface area contributed by atoms with Gasteiger partial charge in [-0.3, -0.25) is 14.8 Å². The van der Waals surface area contributed by atoms with E-state index in [1.54, 1.807) is 24.7 Å². The number of nitrogens with zero attached hydrogens (tertiary/aromatic N) is 3. The van der Waals surface area contributed by atoms with Gasteiger partial charge in [0.15, 0.2) is 0 Å². The zero-order chi connectivity index (χ0) is 17.9. The predicted octanol–water partition coefficient (Wildman–Crippen LogP) is 3.63. The van der Waals surface area contributed by atoms with Gasteiger partial charge in [0.2, 0.25) is 0 Å². The highest BCUT2D eigenvalue weighted by molar-refractivity contribution is 7.13. The molecule has 1 amide bonds. The summed E-state index contributed by atoms with van der Waals surface area (Å²) in [6.07, 6.45) is 5.64. The van der Waals surface area contributed by atoms with E-state index in [-0.39, 0.29) is 5.91 Å². The van der Waals surface area contributed by atoms with Crippen LogP contribution in [0.2, 0.25) is 0 Å². The number of furan rings is 1. The van der Waals surface area contributed by atoms with Crippen molar-refractivity contribution in [2.75, 3.05) is 6.54 Å². The van der Waals surface area contributed by atoms with Gasteiger partial charge in [-0.2, -0.15) is 0 Å². The highest BCUT2D eigenvalue weighted by Crippen LogP contribution is 2.21. The number of carbonyl (C=O) groups is 1. The number of rotatable bonds is 5. The molecule has 3 aromatic heterocycles. The highest BCUT2D eigenvalue weighted by Gasteiger charge is 2.10. The van der Waals surface area contributed by atoms with Gasteiger partial charge in [0.25, 0.3) is 5.91 Å². The molecule has 0 atom stereocenters. The normalized spacial score (nSPS) is 11.0. The summed E-state index contributed by atoms with van der Waals surface area (Å²) >= 11 is 1.52. The van der Waals surface area contributed by atoms with E-state index in [1.807, 2.05) is 30.5 Å². The number of fused-ring (bicyclic) bond motifs is 1. The molecule has 0 aliphatic rings. The molecule has 1 aromatic carbocycles. The molecule has 26 heavy (non-hydrogen) atoms. The zero-order valence-corrected chi connectivity index (χ0v) is 14.9. The van der Waals surface area contributed by atoms with Crippen LogP contribution in [0.25, 0.3) is 21.7 Å². The molecule has 0 aliphatic carbocycles. The Hall–Kier alpha value is -3.06. The summed E-state index contributed by atoms with van der Waals surface area (Å²) < 4.78 is 5.53. The van der Waals surface area contributed by atoms with Crippen molar-refractivity contribution in [3.8, 4) is 10.7 Å². The van der Waals surface area contributed by atoms with E-state index in [4.69, 9.17) is 4.42 Å². The average Bonchev–Trinajstić information content (AvgIpc) is 3.27. The third kappa shape index (κ3) is 3.48. The molecule has 0 aliphatic heterocycles. The summed E-state index contributed by atoms with van der Waals surface area (Å²) in [5.74, 6) is 0.732. The first-order valence-corrected chi connectivity index (χ1v) is 9.06. The molecule has 0 saturated heterocycles. The molecule has 0 spiro atoms. The molecule has 0 radical (unpaired) electrons. The third-order valence-electron chi connectivity index (χ3n) is 3.90. The van der Waals surface area contributed by atoms with Crippen LogP contribution in [0, 0.1) is 6.92 Å². The largest absolute Gasteiger partial charge is 0.461 e. The lowest BCUT2D eigenvalue weighted by molar-refractivity contribution is 0.0954. The number of thiazole rings is 1. The molecule has 6 nitrogen and oxygen atoms in total. The second-order valence-electron chi connectivity index (χ2n) is 5.85. The molecule has 0 fully saturated rings. The second kappa shape index (κ2) is 7.05. The molecule has 4 aromatic rings. The maximum absolute atomic E-state index is 12.3. The highest BCUT2D eigenvalue weighted by atomic mass is 32.1. The molecule has 1 N–H and O–H groups in total. The minimum absolute atomic E-state index is 0.102. The Morgan fingerprint density at radius 2 is 2.19 bits per heavy atom. The minimum Gasteiger partial charge on any atom is -0.461 e. The van der Waals surface area contributed by atoms with Gasteiger partial charge in [0.05, 0.1) is 11.9 Å². The SMILES string of the molecule is Cc1cc2cc(C(=O)NCCc3csc(-c4cnccn4)n3)ccc2o1. The molecule has 4 rings (SSSR count). The number of carbonyl (C=O) groups excluding carboxylic acids is 1. The maximum atomic E-state index is 12.3. The lowest BCUT2D eigenvalue weighted by atomic mass is 10.1. The number of benzene rings is 1. The summed E-state index contributed by atoms with van der Waals surface area (Å²) in [6.45, 7) is 2.41. The van der Waals surface area contributed by atoms with Crippen molar-refractivity contribution in [3.05, 3.63) is 65.3 Å². The molecule has 0 bridgehead atoms. The van der Waals surface area contributed by atoms with Gasteiger partial charge in [-0.15, -0.1) is 11.3 Å². The Morgan fingerprint density at radius 3 is 3.04 bits per heavy atom. The van der Waals surface area contributed by atoms with Crippen LogP contribution in [-0.2, 0) is 6.42 Å². The van der Waals surface area contributed by atoms with Crippen molar-refractivity contribution in [1.82, 2.24) is 20.3 Å². The fourth-order valence-corrected chi connectivity index (χ4v) is 3.49. The van der Waals surface area contributed by atoms with E-state index in [1.165, 1.54) is 11.3 Å². The first-order valence-electron chi connectivity index (χ1n) is 8.18. The molecule has 3 heterocycles. The number of amides is 1. The minimum atomic E-state index is -0.102. The lowest BCUT2D eigenvalue weighted by Gasteiger charge is -2.04. The van der Waals surface area contributed by atoms with E-state index < -0.39 is 0 Å². The van der Waals surface area contributed by atoms with Crippen LogP contribution in [0.3, 0.4) is 0 Å². The van der Waals surface area contributed by atoms with Crippen molar-refractivity contribution in [2.24, 2.45) is 0 Å². The predicted molar refractivity (Wildman–Crippen MR) is 100 cm³/mol. The van der Waals surface area contributed by atoms with Crippen LogP contribution in [-0.4, -0.2) is 27.4 Å². The van der Waals surface area contributed by atoms with Gasteiger partial charge in [0.1, 0.15) is 22.0 Å². The van der Waals surface area contributed by atoms with Crippen molar-refractivity contribution < 1.29 is 9.21 Å². The smallest absolute Gasteiger partial charge is 0.251 e. The lowest BCUT2D eigenvalue weighted by Crippen LogP contribution is -2.25. The maximum Gasteiger partial charge on any atom is 0.251 e. The van der Waals surface area contributed by atoms with E-state index in [9.17, 15) is 4.79 Å². The van der Waals surface area contributed by atoms with E-state index >= 15 is 0 Å². The molecule has 0 unspecified atom stereocenters. The van der Waals surface area contributed by atoms with E-state index in [0.29, 0.717) is 18.5 Å². The van der Waals surface area contributed by atoms with Crippen molar-refractivity contribution in [3.63, 3.8) is 0 Å². The summed E-state index contributed by atoms with van der Waals surface area (Å²) in [4.78, 5) is 25.2. The first kappa shape index (κ1) is 16.4. The second-order valence-corrected chi connectivity index (χ2v) is 6.71. The number of aryl methyl sites for hydroxylation is 1. The summed E-state index contributed by atoms with van der Waals surface area (Å²) in [5.41, 5.74) is 3.10. The standard InChI is InChI=1S/C19H16N4O2S/c1-12-8-14-9-13(2-3-17(14)25-12)18(24)22-5-4-15-11-26-19(23-15)16-10-20-6-7-21-16/h2-3,6-11H,4-5H2,1H3,(H,22,24). The van der Waals surface area contributed by atoms with Crippen LogP contribution in [0.4, 0.5) is 0 Å². The monoisotopic (exact) mass is 364 g/mol. The Kier molecular flexibility index (Phi) is 4.45. The topological polar surface area (TPSA) is 80.9 Å². The fourth-order valence-electron chi connectivity index (χ4n) is 2.67. The number of aromatic nitrogens is 3. The molecule has 0 saturated carbocycles. The van der Waals surface area contributed by atoms with Gasteiger partial charge in [-0.25, -0.2) is 4.98 Å². The van der Waals surface area contributed by atoms with Crippen LogP contribution in [0.15, 0.2) is 52.7 Å². The summed E-state index contributed by atoms with van der Waals surface area (Å²) in [5, 5.41) is 6.68. The number of hydrogen-bond acceptors (Lipinski definition) is 6. The summed E-state index contributed by atoms with van der Waals surface area (Å²) in [6, 6.07) is 7.37. The van der Waals surface area contributed by atoms with Gasteiger partial charge in [-0.05, 0) is 31.2 Å². The van der Waals surface area contributed by atoms with Crippen molar-refractivity contribution >= 4 is 28.2 Å². The van der Waals surface area contributed by atoms with Crippen LogP contribution in [0.1, 0.15) is 21.8 Å². The fraction of sp³-hybridized carbons (Fsp3) is 0.158. The average molecular weight is 364 g/mol. The van der Waals surface area contributed by atoms with E-state index in [0.717, 1.165) is 33.1 Å².